The third kappa shape index (κ3) is 4.69. The molecule has 0 amide bonds. The maximum Gasteiger partial charge on any atom is 0.164 e. The van der Waals surface area contributed by atoms with E-state index in [2.05, 4.69) is 66.0 Å². The first-order valence-corrected chi connectivity index (χ1v) is 13.5. The summed E-state index contributed by atoms with van der Waals surface area (Å²) in [6, 6.07) is 20.8. The predicted molar refractivity (Wildman–Crippen MR) is 161 cm³/mol. The van der Waals surface area contributed by atoms with E-state index in [1.54, 1.807) is 6.08 Å². The highest BCUT2D eigenvalue weighted by Crippen LogP contribution is 2.41. The lowest BCUT2D eigenvalue weighted by atomic mass is 9.85. The molecule has 0 aliphatic heterocycles. The number of para-hydroxylation sites is 1. The van der Waals surface area contributed by atoms with Crippen LogP contribution >= 0.6 is 0 Å². The first-order valence-electron chi connectivity index (χ1n) is 13.5. The molecule has 190 valence electrons. The van der Waals surface area contributed by atoms with Crippen LogP contribution in [0.5, 0.6) is 0 Å². The van der Waals surface area contributed by atoms with Crippen molar-refractivity contribution in [2.75, 3.05) is 0 Å². The summed E-state index contributed by atoms with van der Waals surface area (Å²) in [5, 5.41) is 0. The Bertz CT molecular complexity index is 1690. The third-order valence-electron chi connectivity index (χ3n) is 7.45. The first-order chi connectivity index (χ1) is 19.1. The molecule has 0 N–H and O–H groups in total. The molecule has 1 unspecified atom stereocenters. The van der Waals surface area contributed by atoms with E-state index in [0.717, 1.165) is 41.8 Å². The molecule has 4 aromatic rings. The molecule has 2 heterocycles. The van der Waals surface area contributed by atoms with E-state index in [-0.39, 0.29) is 5.92 Å². The average Bonchev–Trinajstić information content (AvgIpc) is 3.30. The van der Waals surface area contributed by atoms with Gasteiger partial charge >= 0.3 is 0 Å². The van der Waals surface area contributed by atoms with Crippen LogP contribution in [-0.4, -0.2) is 19.5 Å². The van der Waals surface area contributed by atoms with Gasteiger partial charge in [-0.15, -0.1) is 6.42 Å². The molecule has 0 saturated heterocycles. The van der Waals surface area contributed by atoms with E-state index in [0.29, 0.717) is 11.6 Å². The van der Waals surface area contributed by atoms with Gasteiger partial charge in [-0.1, -0.05) is 85.7 Å². The second kappa shape index (κ2) is 10.6. The predicted octanol–water partition coefficient (Wildman–Crippen LogP) is 7.61. The maximum atomic E-state index is 5.40. The molecule has 6 rings (SSSR count). The van der Waals surface area contributed by atoms with E-state index in [1.807, 2.05) is 49.4 Å². The molecule has 2 aliphatic carbocycles. The minimum Gasteiger partial charge on any atom is -0.317 e. The monoisotopic (exact) mass is 506 g/mol. The number of aromatic nitrogens is 4. The maximum absolute atomic E-state index is 5.40. The van der Waals surface area contributed by atoms with Crippen LogP contribution in [-0.2, 0) is 12.8 Å². The van der Waals surface area contributed by atoms with Crippen LogP contribution in [0.15, 0.2) is 85.0 Å². The van der Waals surface area contributed by atoms with Crippen LogP contribution in [0.3, 0.4) is 0 Å². The van der Waals surface area contributed by atoms with E-state index in [1.165, 1.54) is 28.2 Å². The van der Waals surface area contributed by atoms with Gasteiger partial charge in [0.15, 0.2) is 17.5 Å². The summed E-state index contributed by atoms with van der Waals surface area (Å²) in [7, 11) is 0. The number of nitrogens with zero attached hydrogens (tertiary/aromatic N) is 4. The van der Waals surface area contributed by atoms with Gasteiger partial charge < -0.3 is 4.57 Å². The number of allylic oxidation sites excluding steroid dienone is 6. The standard InChI is InChI=1S/C35H30N4/c1-4-5-8-15-24(2)33-36-34(26-16-9-6-10-17-26)38-35(37-33)29-23-30-28-20-13-14-21-31(28)39(32(30)22-25(29)3)27-18-11-7-12-19-27/h1,5-13,15-20,23,25H,14,21-22H2,2-3H3/b8-5-,24-15+. The Morgan fingerprint density at radius 1 is 0.949 bits per heavy atom. The fraction of sp³-hybridized carbons (Fsp3) is 0.171. The zero-order chi connectivity index (χ0) is 26.8. The third-order valence-corrected chi connectivity index (χ3v) is 7.45. The fourth-order valence-corrected chi connectivity index (χ4v) is 5.52. The fourth-order valence-electron chi connectivity index (χ4n) is 5.52. The van der Waals surface area contributed by atoms with Gasteiger partial charge in [-0.3, -0.25) is 0 Å². The van der Waals surface area contributed by atoms with Gasteiger partial charge in [0, 0.05) is 39.3 Å². The molecule has 2 aromatic heterocycles. The van der Waals surface area contributed by atoms with Crippen molar-refractivity contribution in [1.29, 1.82) is 0 Å². The highest BCUT2D eigenvalue weighted by atomic mass is 15.0. The van der Waals surface area contributed by atoms with Gasteiger partial charge in [0.1, 0.15) is 0 Å². The molecule has 2 aliphatic rings. The van der Waals surface area contributed by atoms with Crippen molar-refractivity contribution in [2.45, 2.75) is 33.1 Å². The quantitative estimate of drug-likeness (QED) is 0.207. The SMILES string of the molecule is C#C/C=C\C=C(/C)c1nc(C2=Cc3c4c(n(-c5ccccc5)c3CC2C)CCC=C4)nc(-c2ccccc2)n1. The summed E-state index contributed by atoms with van der Waals surface area (Å²) in [6.07, 6.45) is 20.8. The molecular formula is C35H30N4. The molecule has 0 saturated carbocycles. The minimum absolute atomic E-state index is 0.241. The van der Waals surface area contributed by atoms with Gasteiger partial charge in [-0.25, -0.2) is 15.0 Å². The van der Waals surface area contributed by atoms with Gasteiger partial charge in [-0.2, -0.15) is 0 Å². The molecule has 0 fully saturated rings. The molecule has 0 spiro atoms. The van der Waals surface area contributed by atoms with Crippen LogP contribution in [0.1, 0.15) is 54.4 Å². The Balaban J connectivity index is 1.53. The van der Waals surface area contributed by atoms with Gasteiger partial charge in [-0.05, 0) is 62.0 Å². The van der Waals surface area contributed by atoms with E-state index in [4.69, 9.17) is 21.4 Å². The molecular weight excluding hydrogens is 476 g/mol. The summed E-state index contributed by atoms with van der Waals surface area (Å²) < 4.78 is 2.48. The Hall–Kier alpha value is -4.75. The first kappa shape index (κ1) is 24.6. The number of fused-ring (bicyclic) bond motifs is 3. The Morgan fingerprint density at radius 2 is 1.69 bits per heavy atom. The highest BCUT2D eigenvalue weighted by molar-refractivity contribution is 5.88. The number of benzene rings is 2. The molecule has 0 radical (unpaired) electrons. The number of hydrogen-bond acceptors (Lipinski definition) is 3. The van der Waals surface area contributed by atoms with Crippen molar-refractivity contribution < 1.29 is 0 Å². The summed E-state index contributed by atoms with van der Waals surface area (Å²) in [5.74, 6) is 4.83. The normalized spacial score (nSPS) is 16.5. The molecule has 4 nitrogen and oxygen atoms in total. The summed E-state index contributed by atoms with van der Waals surface area (Å²) in [5.41, 5.74) is 9.62. The van der Waals surface area contributed by atoms with E-state index in [9.17, 15) is 0 Å². The van der Waals surface area contributed by atoms with Gasteiger partial charge in [0.25, 0.3) is 0 Å². The largest absolute Gasteiger partial charge is 0.317 e. The Morgan fingerprint density at radius 3 is 2.46 bits per heavy atom. The number of hydrogen-bond donors (Lipinski definition) is 0. The van der Waals surface area contributed by atoms with E-state index < -0.39 is 0 Å². The Labute approximate surface area is 230 Å². The Kier molecular flexibility index (Phi) is 6.65. The van der Waals surface area contributed by atoms with Gasteiger partial charge in [0.2, 0.25) is 0 Å². The van der Waals surface area contributed by atoms with Crippen LogP contribution in [0, 0.1) is 18.3 Å². The average molecular weight is 507 g/mol. The summed E-state index contributed by atoms with van der Waals surface area (Å²) in [6.45, 7) is 4.28. The number of rotatable bonds is 5. The van der Waals surface area contributed by atoms with Crippen molar-refractivity contribution in [3.8, 4) is 29.4 Å². The van der Waals surface area contributed by atoms with Crippen molar-refractivity contribution >= 4 is 23.3 Å². The summed E-state index contributed by atoms with van der Waals surface area (Å²) in [4.78, 5) is 14.8. The zero-order valence-corrected chi connectivity index (χ0v) is 22.3. The highest BCUT2D eigenvalue weighted by Gasteiger charge is 2.30. The molecule has 4 heteroatoms. The van der Waals surface area contributed by atoms with Crippen molar-refractivity contribution in [3.63, 3.8) is 0 Å². The van der Waals surface area contributed by atoms with Crippen molar-refractivity contribution in [3.05, 3.63) is 119 Å². The van der Waals surface area contributed by atoms with Crippen LogP contribution in [0.25, 0.3) is 40.4 Å². The van der Waals surface area contributed by atoms with Crippen LogP contribution in [0.4, 0.5) is 0 Å². The van der Waals surface area contributed by atoms with Crippen LogP contribution in [0.2, 0.25) is 0 Å². The lowest BCUT2D eigenvalue weighted by Crippen LogP contribution is -2.16. The molecule has 2 aromatic carbocycles. The number of terminal acetylenes is 1. The van der Waals surface area contributed by atoms with Crippen molar-refractivity contribution in [2.24, 2.45) is 5.92 Å². The van der Waals surface area contributed by atoms with E-state index >= 15 is 0 Å². The topological polar surface area (TPSA) is 43.6 Å². The molecule has 39 heavy (non-hydrogen) atoms. The van der Waals surface area contributed by atoms with Gasteiger partial charge in [0.05, 0.1) is 0 Å². The lowest BCUT2D eigenvalue weighted by Gasteiger charge is -2.23. The summed E-state index contributed by atoms with van der Waals surface area (Å²) >= 11 is 0. The second-order valence-electron chi connectivity index (χ2n) is 10.1. The molecule has 0 bridgehead atoms. The van der Waals surface area contributed by atoms with Crippen molar-refractivity contribution in [1.82, 2.24) is 19.5 Å². The lowest BCUT2D eigenvalue weighted by molar-refractivity contribution is 0.689. The zero-order valence-electron chi connectivity index (χ0n) is 22.3. The minimum atomic E-state index is 0.241. The second-order valence-corrected chi connectivity index (χ2v) is 10.1. The van der Waals surface area contributed by atoms with Crippen LogP contribution < -0.4 is 0 Å². The molecule has 1 atom stereocenters. The smallest absolute Gasteiger partial charge is 0.164 e.